The van der Waals surface area contributed by atoms with Crippen molar-refractivity contribution in [3.63, 3.8) is 0 Å². The normalized spacial score (nSPS) is 10.7. The van der Waals surface area contributed by atoms with Gasteiger partial charge in [-0.15, -0.1) is 0 Å². The van der Waals surface area contributed by atoms with Crippen LogP contribution >= 0.6 is 0 Å². The maximum atomic E-state index is 12.4. The molecule has 0 spiro atoms. The fourth-order valence-corrected chi connectivity index (χ4v) is 2.68. The van der Waals surface area contributed by atoms with Gasteiger partial charge in [0, 0.05) is 23.7 Å². The van der Waals surface area contributed by atoms with E-state index in [-0.39, 0.29) is 11.9 Å². The first-order valence-corrected chi connectivity index (χ1v) is 8.09. The number of para-hydroxylation sites is 1. The van der Waals surface area contributed by atoms with Gasteiger partial charge in [-0.25, -0.2) is 0 Å². The SMILES string of the molecule is Cc1ccc(OCc2ccccc2N)c2[nH]c(C(=O)N(C)C(=N)N)cc12. The highest BCUT2D eigenvalue weighted by molar-refractivity contribution is 6.06. The molecule has 1 heterocycles. The van der Waals surface area contributed by atoms with Crippen LogP contribution in [0.4, 0.5) is 5.69 Å². The number of aryl methyl sites for hydroxylation is 1. The third-order valence-electron chi connectivity index (χ3n) is 4.31. The first-order valence-electron chi connectivity index (χ1n) is 8.09. The minimum atomic E-state index is -0.383. The largest absolute Gasteiger partial charge is 0.487 e. The molecule has 0 saturated heterocycles. The molecule has 1 aromatic heterocycles. The lowest BCUT2D eigenvalue weighted by atomic mass is 10.1. The van der Waals surface area contributed by atoms with Crippen molar-refractivity contribution in [1.82, 2.24) is 9.88 Å². The van der Waals surface area contributed by atoms with Crippen LogP contribution < -0.4 is 16.2 Å². The van der Waals surface area contributed by atoms with E-state index in [1.807, 2.05) is 43.3 Å². The number of anilines is 1. The number of hydrogen-bond donors (Lipinski definition) is 4. The average Bonchev–Trinajstić information content (AvgIpc) is 3.07. The summed E-state index contributed by atoms with van der Waals surface area (Å²) in [5.74, 6) is -0.0776. The second kappa shape index (κ2) is 6.79. The fraction of sp³-hybridized carbons (Fsp3) is 0.158. The molecule has 7 heteroatoms. The van der Waals surface area contributed by atoms with Gasteiger partial charge in [0.15, 0.2) is 5.96 Å². The fourth-order valence-electron chi connectivity index (χ4n) is 2.68. The van der Waals surface area contributed by atoms with E-state index >= 15 is 0 Å². The maximum absolute atomic E-state index is 12.4. The summed E-state index contributed by atoms with van der Waals surface area (Å²) >= 11 is 0. The number of fused-ring (bicyclic) bond motifs is 1. The summed E-state index contributed by atoms with van der Waals surface area (Å²) in [7, 11) is 1.46. The number of nitrogens with one attached hydrogen (secondary N) is 2. The zero-order valence-electron chi connectivity index (χ0n) is 14.7. The molecule has 6 N–H and O–H groups in total. The lowest BCUT2D eigenvalue weighted by Gasteiger charge is -2.13. The van der Waals surface area contributed by atoms with E-state index in [2.05, 4.69) is 4.98 Å². The summed E-state index contributed by atoms with van der Waals surface area (Å²) in [6.07, 6.45) is 0. The van der Waals surface area contributed by atoms with Gasteiger partial charge in [-0.2, -0.15) is 0 Å². The Labute approximate surface area is 151 Å². The Balaban J connectivity index is 1.94. The Morgan fingerprint density at radius 1 is 1.27 bits per heavy atom. The third-order valence-corrected chi connectivity index (χ3v) is 4.31. The van der Waals surface area contributed by atoms with Crippen molar-refractivity contribution < 1.29 is 9.53 Å². The number of aromatic nitrogens is 1. The third kappa shape index (κ3) is 3.19. The molecule has 0 radical (unpaired) electrons. The summed E-state index contributed by atoms with van der Waals surface area (Å²) in [6.45, 7) is 2.28. The van der Waals surface area contributed by atoms with Crippen molar-refractivity contribution in [3.8, 4) is 5.75 Å². The van der Waals surface area contributed by atoms with Crippen LogP contribution in [0.15, 0.2) is 42.5 Å². The van der Waals surface area contributed by atoms with Crippen molar-refractivity contribution in [2.24, 2.45) is 5.73 Å². The van der Waals surface area contributed by atoms with Crippen molar-refractivity contribution in [2.45, 2.75) is 13.5 Å². The van der Waals surface area contributed by atoms with Gasteiger partial charge in [-0.05, 0) is 30.7 Å². The first-order chi connectivity index (χ1) is 12.4. The molecule has 0 aliphatic carbocycles. The van der Waals surface area contributed by atoms with Gasteiger partial charge in [0.05, 0.1) is 5.52 Å². The number of aromatic amines is 1. The second-order valence-electron chi connectivity index (χ2n) is 6.09. The molecule has 3 rings (SSSR count). The second-order valence-corrected chi connectivity index (χ2v) is 6.09. The van der Waals surface area contributed by atoms with E-state index < -0.39 is 0 Å². The number of nitrogens with two attached hydrogens (primary N) is 2. The van der Waals surface area contributed by atoms with E-state index in [4.69, 9.17) is 21.6 Å². The number of carbonyl (C=O) groups is 1. The molecule has 0 aliphatic rings. The lowest BCUT2D eigenvalue weighted by Crippen LogP contribution is -2.38. The monoisotopic (exact) mass is 351 g/mol. The molecular weight excluding hydrogens is 330 g/mol. The standard InChI is InChI=1S/C19H21N5O2/c1-11-7-8-16(26-10-12-5-3-4-6-14(12)20)17-13(11)9-15(23-17)18(25)24(2)19(21)22/h3-9,23H,10,20H2,1-2H3,(H3,21,22). The van der Waals surface area contributed by atoms with Crippen LogP contribution in [0.5, 0.6) is 5.75 Å². The van der Waals surface area contributed by atoms with E-state index in [1.54, 1.807) is 6.07 Å². The zero-order valence-corrected chi connectivity index (χ0v) is 14.7. The van der Waals surface area contributed by atoms with E-state index in [0.717, 1.165) is 26.9 Å². The number of benzene rings is 2. The number of nitrogens with zero attached hydrogens (tertiary/aromatic N) is 1. The molecule has 0 aliphatic heterocycles. The molecule has 1 amide bonds. The van der Waals surface area contributed by atoms with E-state index in [9.17, 15) is 4.79 Å². The molecule has 0 atom stereocenters. The Morgan fingerprint density at radius 3 is 2.69 bits per heavy atom. The molecule has 0 unspecified atom stereocenters. The molecular formula is C19H21N5O2. The average molecular weight is 351 g/mol. The quantitative estimate of drug-likeness (QED) is 0.328. The molecule has 134 valence electrons. The zero-order chi connectivity index (χ0) is 18.8. The number of rotatable bonds is 4. The number of amides is 1. The van der Waals surface area contributed by atoms with Crippen LogP contribution in [0.3, 0.4) is 0 Å². The highest BCUT2D eigenvalue weighted by Gasteiger charge is 2.18. The molecule has 3 aromatic rings. The van der Waals surface area contributed by atoms with Gasteiger partial charge in [-0.3, -0.25) is 15.1 Å². The summed E-state index contributed by atoms with van der Waals surface area (Å²) in [6, 6.07) is 13.0. The Bertz CT molecular complexity index is 993. The maximum Gasteiger partial charge on any atom is 0.276 e. The minimum absolute atomic E-state index is 0.318. The molecule has 0 saturated carbocycles. The Kier molecular flexibility index (Phi) is 4.53. The number of carbonyl (C=O) groups excluding carboxylic acids is 1. The Hall–Kier alpha value is -3.48. The van der Waals surface area contributed by atoms with Crippen LogP contribution in [0.2, 0.25) is 0 Å². The van der Waals surface area contributed by atoms with Gasteiger partial charge in [0.2, 0.25) is 0 Å². The number of ether oxygens (including phenoxy) is 1. The van der Waals surface area contributed by atoms with Crippen LogP contribution in [0, 0.1) is 12.3 Å². The minimum Gasteiger partial charge on any atom is -0.487 e. The number of nitrogen functional groups attached to an aromatic ring is 1. The summed E-state index contributed by atoms with van der Waals surface area (Å²) < 4.78 is 5.94. The van der Waals surface area contributed by atoms with Crippen LogP contribution in [0.25, 0.3) is 10.9 Å². The van der Waals surface area contributed by atoms with Crippen LogP contribution in [-0.2, 0) is 6.61 Å². The van der Waals surface area contributed by atoms with Gasteiger partial charge in [0.25, 0.3) is 5.91 Å². The smallest absolute Gasteiger partial charge is 0.276 e. The highest BCUT2D eigenvalue weighted by atomic mass is 16.5. The van der Waals surface area contributed by atoms with Crippen molar-refractivity contribution in [1.29, 1.82) is 5.41 Å². The van der Waals surface area contributed by atoms with E-state index in [0.29, 0.717) is 23.7 Å². The molecule has 26 heavy (non-hydrogen) atoms. The van der Waals surface area contributed by atoms with E-state index in [1.165, 1.54) is 7.05 Å². The van der Waals surface area contributed by atoms with Crippen molar-refractivity contribution in [2.75, 3.05) is 12.8 Å². The Morgan fingerprint density at radius 2 is 2.00 bits per heavy atom. The topological polar surface area (TPSA) is 121 Å². The van der Waals surface area contributed by atoms with Crippen molar-refractivity contribution >= 4 is 28.5 Å². The van der Waals surface area contributed by atoms with Gasteiger partial charge < -0.3 is 21.2 Å². The molecule has 7 nitrogen and oxygen atoms in total. The van der Waals surface area contributed by atoms with Gasteiger partial charge >= 0.3 is 0 Å². The highest BCUT2D eigenvalue weighted by Crippen LogP contribution is 2.30. The van der Waals surface area contributed by atoms with Crippen molar-refractivity contribution in [3.05, 3.63) is 59.3 Å². The lowest BCUT2D eigenvalue weighted by molar-refractivity contribution is 0.0864. The number of H-pyrrole nitrogens is 1. The first kappa shape index (κ1) is 17.3. The van der Waals surface area contributed by atoms with Crippen LogP contribution in [-0.4, -0.2) is 28.8 Å². The predicted molar refractivity (Wildman–Crippen MR) is 102 cm³/mol. The number of guanidine groups is 1. The predicted octanol–water partition coefficient (Wildman–Crippen LogP) is 2.60. The summed E-state index contributed by atoms with van der Waals surface area (Å²) in [5, 5.41) is 8.29. The molecule has 0 fully saturated rings. The van der Waals surface area contributed by atoms with Gasteiger partial charge in [-0.1, -0.05) is 24.3 Å². The van der Waals surface area contributed by atoms with Gasteiger partial charge in [0.1, 0.15) is 18.1 Å². The summed E-state index contributed by atoms with van der Waals surface area (Å²) in [4.78, 5) is 16.6. The molecule has 2 aromatic carbocycles. The molecule has 0 bridgehead atoms. The number of hydrogen-bond acceptors (Lipinski definition) is 4. The summed E-state index contributed by atoms with van der Waals surface area (Å²) in [5.41, 5.74) is 15.0. The van der Waals surface area contributed by atoms with Crippen LogP contribution in [0.1, 0.15) is 21.6 Å².